The number of ether oxygens (including phenoxy) is 3. The standard InChI is InChI=1S/C21H33F3O5/c1-3-4-5-7-10-14-17(29-20(26)21(22,23)24)19-16(28-19)13-11-8-6-9-12-15-18(25)27-2/h10,14,16-17,19H,3-9,11-13,15H2,1-2H3. The number of epoxide rings is 1. The lowest BCUT2D eigenvalue weighted by Gasteiger charge is -2.14. The Morgan fingerprint density at radius 2 is 1.76 bits per heavy atom. The van der Waals surface area contributed by atoms with Gasteiger partial charge < -0.3 is 14.2 Å². The first-order valence-corrected chi connectivity index (χ1v) is 10.5. The number of halogens is 3. The third-order valence-corrected chi connectivity index (χ3v) is 4.82. The number of carbonyl (C=O) groups is 2. The van der Waals surface area contributed by atoms with Crippen molar-refractivity contribution in [3.8, 4) is 0 Å². The van der Waals surface area contributed by atoms with Gasteiger partial charge in [-0.15, -0.1) is 0 Å². The van der Waals surface area contributed by atoms with E-state index in [0.29, 0.717) is 12.8 Å². The minimum atomic E-state index is -5.01. The molecule has 0 aromatic carbocycles. The molecule has 3 unspecified atom stereocenters. The van der Waals surface area contributed by atoms with Crippen molar-refractivity contribution in [3.05, 3.63) is 12.2 Å². The summed E-state index contributed by atoms with van der Waals surface area (Å²) >= 11 is 0. The fourth-order valence-electron chi connectivity index (χ4n) is 3.07. The number of hydrogen-bond donors (Lipinski definition) is 0. The quantitative estimate of drug-likeness (QED) is 0.156. The van der Waals surface area contributed by atoms with Crippen LogP contribution in [0.15, 0.2) is 12.2 Å². The molecule has 1 saturated heterocycles. The Morgan fingerprint density at radius 3 is 2.41 bits per heavy atom. The van der Waals surface area contributed by atoms with Crippen LogP contribution in [-0.4, -0.2) is 43.5 Å². The summed E-state index contributed by atoms with van der Waals surface area (Å²) in [6.07, 6.45) is 5.99. The van der Waals surface area contributed by atoms with E-state index >= 15 is 0 Å². The molecule has 3 atom stereocenters. The van der Waals surface area contributed by atoms with Crippen molar-refractivity contribution in [3.63, 3.8) is 0 Å². The monoisotopic (exact) mass is 422 g/mol. The lowest BCUT2D eigenvalue weighted by Crippen LogP contribution is -2.32. The number of unbranched alkanes of at least 4 members (excludes halogenated alkanes) is 7. The van der Waals surface area contributed by atoms with Gasteiger partial charge in [0.25, 0.3) is 0 Å². The highest BCUT2D eigenvalue weighted by Gasteiger charge is 2.49. The minimum Gasteiger partial charge on any atom is -0.469 e. The first kappa shape index (κ1) is 25.5. The molecular formula is C21H33F3O5. The number of carbonyl (C=O) groups excluding carboxylic acids is 2. The minimum absolute atomic E-state index is 0.184. The molecule has 1 heterocycles. The molecule has 0 bridgehead atoms. The summed E-state index contributed by atoms with van der Waals surface area (Å²) in [4.78, 5) is 22.2. The van der Waals surface area contributed by atoms with Crippen molar-refractivity contribution in [2.45, 2.75) is 102 Å². The van der Waals surface area contributed by atoms with E-state index in [1.807, 2.05) is 0 Å². The average molecular weight is 422 g/mol. The Kier molecular flexibility index (Phi) is 12.0. The Hall–Kier alpha value is -1.57. The smallest absolute Gasteiger partial charge is 0.469 e. The van der Waals surface area contributed by atoms with Gasteiger partial charge in [-0.3, -0.25) is 4.79 Å². The van der Waals surface area contributed by atoms with E-state index in [2.05, 4.69) is 16.4 Å². The van der Waals surface area contributed by atoms with E-state index in [4.69, 9.17) is 4.74 Å². The van der Waals surface area contributed by atoms with Crippen molar-refractivity contribution < 1.29 is 37.0 Å². The predicted octanol–water partition coefficient (Wildman–Crippen LogP) is 5.27. The number of alkyl halides is 3. The van der Waals surface area contributed by atoms with E-state index in [0.717, 1.165) is 57.8 Å². The highest BCUT2D eigenvalue weighted by Crippen LogP contribution is 2.33. The third-order valence-electron chi connectivity index (χ3n) is 4.82. The van der Waals surface area contributed by atoms with Gasteiger partial charge in [-0.25, -0.2) is 4.79 Å². The Balaban J connectivity index is 2.33. The lowest BCUT2D eigenvalue weighted by molar-refractivity contribution is -0.203. The molecule has 1 fully saturated rings. The van der Waals surface area contributed by atoms with E-state index in [9.17, 15) is 22.8 Å². The maximum absolute atomic E-state index is 12.5. The van der Waals surface area contributed by atoms with E-state index in [-0.39, 0.29) is 12.1 Å². The summed E-state index contributed by atoms with van der Waals surface area (Å²) in [7, 11) is 1.37. The summed E-state index contributed by atoms with van der Waals surface area (Å²) < 4.78 is 52.3. The van der Waals surface area contributed by atoms with Gasteiger partial charge in [0.2, 0.25) is 0 Å². The van der Waals surface area contributed by atoms with Gasteiger partial charge in [0.15, 0.2) is 0 Å². The molecule has 0 aliphatic carbocycles. The van der Waals surface area contributed by atoms with Gasteiger partial charge in [-0.2, -0.15) is 13.2 Å². The average Bonchev–Trinajstić information content (AvgIpc) is 3.44. The normalized spacial score (nSPS) is 19.9. The molecule has 5 nitrogen and oxygen atoms in total. The lowest BCUT2D eigenvalue weighted by atomic mass is 10.0. The van der Waals surface area contributed by atoms with E-state index in [1.54, 1.807) is 6.08 Å². The second kappa shape index (κ2) is 13.6. The van der Waals surface area contributed by atoms with Crippen LogP contribution in [0, 0.1) is 0 Å². The van der Waals surface area contributed by atoms with Crippen molar-refractivity contribution in [2.75, 3.05) is 7.11 Å². The van der Waals surface area contributed by atoms with Crippen LogP contribution in [0.1, 0.15) is 77.6 Å². The molecule has 0 amide bonds. The zero-order valence-electron chi connectivity index (χ0n) is 17.3. The molecule has 8 heteroatoms. The number of esters is 2. The molecule has 1 aliphatic heterocycles. The molecule has 29 heavy (non-hydrogen) atoms. The maximum atomic E-state index is 12.5. The molecule has 1 aliphatic rings. The molecule has 0 aromatic heterocycles. The first-order chi connectivity index (χ1) is 13.8. The number of rotatable bonds is 15. The summed E-state index contributed by atoms with van der Waals surface area (Å²) in [5, 5.41) is 0. The largest absolute Gasteiger partial charge is 0.490 e. The molecule has 0 spiro atoms. The maximum Gasteiger partial charge on any atom is 0.490 e. The van der Waals surface area contributed by atoms with E-state index in [1.165, 1.54) is 13.2 Å². The molecular weight excluding hydrogens is 389 g/mol. The van der Waals surface area contributed by atoms with E-state index < -0.39 is 24.4 Å². The second-order valence-electron chi connectivity index (χ2n) is 7.31. The van der Waals surface area contributed by atoms with Crippen LogP contribution in [-0.2, 0) is 23.8 Å². The molecule has 0 radical (unpaired) electrons. The third kappa shape index (κ3) is 11.3. The summed E-state index contributed by atoms with van der Waals surface area (Å²) in [6, 6.07) is 0. The van der Waals surface area contributed by atoms with Crippen molar-refractivity contribution in [1.29, 1.82) is 0 Å². The molecule has 168 valence electrons. The van der Waals surface area contributed by atoms with Gasteiger partial charge in [-0.05, 0) is 31.8 Å². The van der Waals surface area contributed by atoms with Gasteiger partial charge in [0, 0.05) is 6.42 Å². The topological polar surface area (TPSA) is 65.1 Å². The van der Waals surface area contributed by atoms with Gasteiger partial charge >= 0.3 is 18.1 Å². The van der Waals surface area contributed by atoms with Crippen LogP contribution in [0.5, 0.6) is 0 Å². The van der Waals surface area contributed by atoms with Crippen LogP contribution < -0.4 is 0 Å². The molecule has 1 rings (SSSR count). The molecule has 0 saturated carbocycles. The van der Waals surface area contributed by atoms with Crippen LogP contribution >= 0.6 is 0 Å². The number of hydrogen-bond acceptors (Lipinski definition) is 5. The van der Waals surface area contributed by atoms with Crippen LogP contribution in [0.2, 0.25) is 0 Å². The number of allylic oxidation sites excluding steroid dienone is 1. The zero-order chi connectivity index (χ0) is 21.7. The summed E-state index contributed by atoms with van der Waals surface area (Å²) in [5.41, 5.74) is 0. The van der Waals surface area contributed by atoms with Crippen molar-refractivity contribution in [2.24, 2.45) is 0 Å². The highest BCUT2D eigenvalue weighted by atomic mass is 19.4. The van der Waals surface area contributed by atoms with Crippen molar-refractivity contribution in [1.82, 2.24) is 0 Å². The summed E-state index contributed by atoms with van der Waals surface area (Å²) in [6.45, 7) is 2.07. The van der Waals surface area contributed by atoms with Gasteiger partial charge in [-0.1, -0.05) is 51.5 Å². The first-order valence-electron chi connectivity index (χ1n) is 10.5. The van der Waals surface area contributed by atoms with Crippen LogP contribution in [0.25, 0.3) is 0 Å². The van der Waals surface area contributed by atoms with Crippen molar-refractivity contribution >= 4 is 11.9 Å². The fraction of sp³-hybridized carbons (Fsp3) is 0.810. The highest BCUT2D eigenvalue weighted by molar-refractivity contribution is 5.76. The van der Waals surface area contributed by atoms with Crippen LogP contribution in [0.4, 0.5) is 13.2 Å². The Morgan fingerprint density at radius 1 is 1.07 bits per heavy atom. The molecule has 0 aromatic rings. The van der Waals surface area contributed by atoms with Gasteiger partial charge in [0.1, 0.15) is 12.2 Å². The molecule has 0 N–H and O–H groups in total. The van der Waals surface area contributed by atoms with Crippen LogP contribution in [0.3, 0.4) is 0 Å². The summed E-state index contributed by atoms with van der Waals surface area (Å²) in [5.74, 6) is -2.39. The second-order valence-corrected chi connectivity index (χ2v) is 7.31. The predicted molar refractivity (Wildman–Crippen MR) is 102 cm³/mol. The van der Waals surface area contributed by atoms with Gasteiger partial charge in [0.05, 0.1) is 13.2 Å². The zero-order valence-corrected chi connectivity index (χ0v) is 17.3. The Bertz CT molecular complexity index is 519. The fourth-order valence-corrected chi connectivity index (χ4v) is 3.07. The SMILES string of the molecule is CCCCCC=CC(OC(=O)C(F)(F)F)C1OC1CCCCCCCC(=O)OC. The number of methoxy groups -OCH3 is 1. The Labute approximate surface area is 171 Å².